The molecule has 0 radical (unpaired) electrons. The van der Waals surface area contributed by atoms with Crippen molar-refractivity contribution in [3.8, 4) is 0 Å². The van der Waals surface area contributed by atoms with E-state index in [0.717, 1.165) is 32.7 Å². The van der Waals surface area contributed by atoms with Crippen molar-refractivity contribution >= 4 is 27.3 Å². The molecule has 1 fully saturated rings. The molecule has 0 bridgehead atoms. The molecule has 102 valence electrons. The quantitative estimate of drug-likeness (QED) is 0.900. The average Bonchev–Trinajstić information content (AvgIpc) is 2.76. The number of morpholine rings is 1. The fourth-order valence-electron chi connectivity index (χ4n) is 2.33. The summed E-state index contributed by atoms with van der Waals surface area (Å²) in [6.45, 7) is 6.18. The third kappa shape index (κ3) is 3.78. The van der Waals surface area contributed by atoms with Gasteiger partial charge < -0.3 is 10.5 Å². The number of hydrogen-bond donors (Lipinski definition) is 1. The molecule has 2 heterocycles. The molecule has 0 aromatic carbocycles. The maximum Gasteiger partial charge on any atom is 0.0856 e. The topological polar surface area (TPSA) is 38.5 Å². The molecule has 0 amide bonds. The van der Waals surface area contributed by atoms with Gasteiger partial charge in [-0.05, 0) is 40.3 Å². The molecule has 0 saturated carbocycles. The fraction of sp³-hybridized carbons (Fsp3) is 0.692. The Morgan fingerprint density at radius 2 is 2.50 bits per heavy atom. The second-order valence-electron chi connectivity index (χ2n) is 4.77. The van der Waals surface area contributed by atoms with Crippen LogP contribution in [0.1, 0.15) is 18.2 Å². The molecule has 1 aromatic rings. The van der Waals surface area contributed by atoms with Gasteiger partial charge in [0.2, 0.25) is 0 Å². The lowest BCUT2D eigenvalue weighted by Gasteiger charge is -2.35. The standard InChI is InChI=1S/C13H21BrN2OS/c1-2-4-16-5-6-17-12(9-16)11(15)8-13-10(14)3-7-18-13/h3,7,11-12H,2,4-6,8-9,15H2,1H3. The van der Waals surface area contributed by atoms with Crippen molar-refractivity contribution in [3.05, 3.63) is 20.8 Å². The smallest absolute Gasteiger partial charge is 0.0856 e. The number of nitrogens with two attached hydrogens (primary N) is 1. The van der Waals surface area contributed by atoms with Crippen LogP contribution in [-0.2, 0) is 11.2 Å². The highest BCUT2D eigenvalue weighted by Crippen LogP contribution is 2.25. The Morgan fingerprint density at radius 3 is 3.17 bits per heavy atom. The van der Waals surface area contributed by atoms with Crippen LogP contribution in [0.3, 0.4) is 0 Å². The van der Waals surface area contributed by atoms with Gasteiger partial charge in [-0.3, -0.25) is 4.90 Å². The fourth-order valence-corrected chi connectivity index (χ4v) is 3.91. The third-order valence-electron chi connectivity index (χ3n) is 3.31. The summed E-state index contributed by atoms with van der Waals surface area (Å²) in [5.41, 5.74) is 6.30. The van der Waals surface area contributed by atoms with E-state index in [9.17, 15) is 0 Å². The Kier molecular flexibility index (Phi) is 5.63. The van der Waals surface area contributed by atoms with Crippen molar-refractivity contribution in [1.29, 1.82) is 0 Å². The van der Waals surface area contributed by atoms with Crippen molar-refractivity contribution in [2.75, 3.05) is 26.2 Å². The molecule has 3 nitrogen and oxygen atoms in total. The Bertz CT molecular complexity index is 370. The van der Waals surface area contributed by atoms with Gasteiger partial charge >= 0.3 is 0 Å². The van der Waals surface area contributed by atoms with Crippen molar-refractivity contribution < 1.29 is 4.74 Å². The van der Waals surface area contributed by atoms with Gasteiger partial charge in [-0.25, -0.2) is 0 Å². The van der Waals surface area contributed by atoms with Gasteiger partial charge in [0.15, 0.2) is 0 Å². The van der Waals surface area contributed by atoms with Gasteiger partial charge in [-0.15, -0.1) is 11.3 Å². The predicted octanol–water partition coefficient (Wildman–Crippen LogP) is 2.49. The number of halogens is 1. The Labute approximate surface area is 121 Å². The highest BCUT2D eigenvalue weighted by Gasteiger charge is 2.26. The molecular formula is C13H21BrN2OS. The van der Waals surface area contributed by atoms with E-state index in [2.05, 4.69) is 39.2 Å². The van der Waals surface area contributed by atoms with Gasteiger partial charge in [-0.1, -0.05) is 6.92 Å². The summed E-state index contributed by atoms with van der Waals surface area (Å²) in [7, 11) is 0. The molecule has 1 aliphatic heterocycles. The summed E-state index contributed by atoms with van der Waals surface area (Å²) >= 11 is 5.32. The van der Waals surface area contributed by atoms with Gasteiger partial charge in [0.1, 0.15) is 0 Å². The Hall–Kier alpha value is 0.0600. The third-order valence-corrected chi connectivity index (χ3v) is 5.26. The van der Waals surface area contributed by atoms with Crippen LogP contribution >= 0.6 is 27.3 Å². The zero-order valence-electron chi connectivity index (χ0n) is 10.8. The summed E-state index contributed by atoms with van der Waals surface area (Å²) in [5, 5.41) is 2.09. The van der Waals surface area contributed by atoms with E-state index in [1.54, 1.807) is 11.3 Å². The van der Waals surface area contributed by atoms with Gasteiger partial charge in [0.25, 0.3) is 0 Å². The number of thiophene rings is 1. The maximum atomic E-state index is 6.30. The number of hydrogen-bond acceptors (Lipinski definition) is 4. The van der Waals surface area contributed by atoms with Crippen LogP contribution in [0.15, 0.2) is 15.9 Å². The average molecular weight is 333 g/mol. The SMILES string of the molecule is CCCN1CCOC(C(N)Cc2sccc2Br)C1. The van der Waals surface area contributed by atoms with Crippen LogP contribution in [0.25, 0.3) is 0 Å². The minimum Gasteiger partial charge on any atom is -0.374 e. The van der Waals surface area contributed by atoms with Crippen LogP contribution in [0, 0.1) is 0 Å². The summed E-state index contributed by atoms with van der Waals surface area (Å²) in [5.74, 6) is 0. The second kappa shape index (κ2) is 7.01. The molecular weight excluding hydrogens is 312 g/mol. The van der Waals surface area contributed by atoms with E-state index in [1.807, 2.05) is 0 Å². The van der Waals surface area contributed by atoms with E-state index in [4.69, 9.17) is 10.5 Å². The van der Waals surface area contributed by atoms with Gasteiger partial charge in [0, 0.05) is 34.9 Å². The lowest BCUT2D eigenvalue weighted by Crippen LogP contribution is -2.51. The first-order valence-electron chi connectivity index (χ1n) is 6.52. The Balaban J connectivity index is 1.88. The molecule has 18 heavy (non-hydrogen) atoms. The summed E-state index contributed by atoms with van der Waals surface area (Å²) in [6, 6.07) is 2.16. The van der Waals surface area contributed by atoms with E-state index in [0.29, 0.717) is 0 Å². The zero-order chi connectivity index (χ0) is 13.0. The lowest BCUT2D eigenvalue weighted by atomic mass is 10.1. The maximum absolute atomic E-state index is 6.30. The number of nitrogens with zero attached hydrogens (tertiary/aromatic N) is 1. The van der Waals surface area contributed by atoms with Gasteiger partial charge in [0.05, 0.1) is 12.7 Å². The number of rotatable bonds is 5. The van der Waals surface area contributed by atoms with Crippen LogP contribution in [0.5, 0.6) is 0 Å². The Morgan fingerprint density at radius 1 is 1.67 bits per heavy atom. The highest BCUT2D eigenvalue weighted by molar-refractivity contribution is 9.10. The molecule has 1 aromatic heterocycles. The molecule has 1 aliphatic rings. The van der Waals surface area contributed by atoms with Crippen LogP contribution in [-0.4, -0.2) is 43.3 Å². The normalized spacial score (nSPS) is 23.2. The van der Waals surface area contributed by atoms with Crippen molar-refractivity contribution in [1.82, 2.24) is 4.90 Å². The minimum atomic E-state index is 0.0830. The number of ether oxygens (including phenoxy) is 1. The first-order chi connectivity index (χ1) is 8.70. The van der Waals surface area contributed by atoms with E-state index >= 15 is 0 Å². The second-order valence-corrected chi connectivity index (χ2v) is 6.62. The summed E-state index contributed by atoms with van der Waals surface area (Å²) in [4.78, 5) is 3.77. The largest absolute Gasteiger partial charge is 0.374 e. The van der Waals surface area contributed by atoms with Crippen molar-refractivity contribution in [3.63, 3.8) is 0 Å². The van der Waals surface area contributed by atoms with Crippen LogP contribution in [0.2, 0.25) is 0 Å². The minimum absolute atomic E-state index is 0.0830. The molecule has 1 saturated heterocycles. The molecule has 2 atom stereocenters. The van der Waals surface area contributed by atoms with Crippen molar-refractivity contribution in [2.45, 2.75) is 31.9 Å². The summed E-state index contributed by atoms with van der Waals surface area (Å²) < 4.78 is 7.00. The molecule has 0 spiro atoms. The van der Waals surface area contributed by atoms with E-state index < -0.39 is 0 Å². The predicted molar refractivity (Wildman–Crippen MR) is 80.2 cm³/mol. The monoisotopic (exact) mass is 332 g/mol. The first kappa shape index (κ1) is 14.5. The molecule has 2 unspecified atom stereocenters. The van der Waals surface area contributed by atoms with Gasteiger partial charge in [-0.2, -0.15) is 0 Å². The molecule has 2 rings (SSSR count). The first-order valence-corrected chi connectivity index (χ1v) is 8.19. The molecule has 5 heteroatoms. The lowest BCUT2D eigenvalue weighted by molar-refractivity contribution is -0.0399. The summed E-state index contributed by atoms with van der Waals surface area (Å²) in [6.07, 6.45) is 2.25. The van der Waals surface area contributed by atoms with Crippen LogP contribution < -0.4 is 5.73 Å². The van der Waals surface area contributed by atoms with Crippen molar-refractivity contribution in [2.24, 2.45) is 5.73 Å². The van der Waals surface area contributed by atoms with E-state index in [1.165, 1.54) is 15.8 Å². The molecule has 2 N–H and O–H groups in total. The van der Waals surface area contributed by atoms with E-state index in [-0.39, 0.29) is 12.1 Å². The van der Waals surface area contributed by atoms with Crippen LogP contribution in [0.4, 0.5) is 0 Å². The molecule has 0 aliphatic carbocycles. The zero-order valence-corrected chi connectivity index (χ0v) is 13.2. The highest BCUT2D eigenvalue weighted by atomic mass is 79.9.